The number of halogens is 2. The first-order chi connectivity index (χ1) is 12.6. The van der Waals surface area contributed by atoms with Gasteiger partial charge in [-0.15, -0.1) is 0 Å². The van der Waals surface area contributed by atoms with E-state index in [-0.39, 0.29) is 0 Å². The fraction of sp³-hybridized carbons (Fsp3) is 0.474. The van der Waals surface area contributed by atoms with Crippen molar-refractivity contribution in [1.29, 1.82) is 0 Å². The molecule has 2 rings (SSSR count). The van der Waals surface area contributed by atoms with Crippen molar-refractivity contribution in [3.63, 3.8) is 0 Å². The molecule has 0 aliphatic heterocycles. The van der Waals surface area contributed by atoms with Crippen molar-refractivity contribution in [3.05, 3.63) is 52.0 Å². The monoisotopic (exact) mass is 395 g/mol. The Bertz CT molecular complexity index is 712. The number of aryl methyl sites for hydroxylation is 3. The van der Waals surface area contributed by atoms with E-state index in [1.807, 2.05) is 31.5 Å². The molecule has 0 atom stereocenters. The lowest BCUT2D eigenvalue weighted by molar-refractivity contribution is 0.588. The van der Waals surface area contributed by atoms with Crippen LogP contribution in [0.5, 0.6) is 0 Å². The third-order valence-electron chi connectivity index (χ3n) is 4.20. The fourth-order valence-corrected chi connectivity index (χ4v) is 3.19. The predicted octanol–water partition coefficient (Wildman–Crippen LogP) is 4.08. The van der Waals surface area contributed by atoms with Crippen LogP contribution in [0.4, 0.5) is 0 Å². The average molecular weight is 396 g/mol. The molecule has 1 heterocycles. The van der Waals surface area contributed by atoms with Gasteiger partial charge in [0.05, 0.1) is 0 Å². The molecule has 0 bridgehead atoms. The first-order valence-electron chi connectivity index (χ1n) is 8.96. The van der Waals surface area contributed by atoms with Gasteiger partial charge in [0.15, 0.2) is 5.96 Å². The molecule has 0 aliphatic rings. The first kappa shape index (κ1) is 20.6. The number of hydrogen-bond acceptors (Lipinski definition) is 2. The number of unbranched alkanes of at least 4 members (excludes halogenated alkanes) is 1. The van der Waals surface area contributed by atoms with E-state index in [2.05, 4.69) is 25.2 Å². The maximum absolute atomic E-state index is 6.20. The quantitative estimate of drug-likeness (QED) is 0.382. The zero-order valence-electron chi connectivity index (χ0n) is 15.4. The third kappa shape index (κ3) is 6.89. The van der Waals surface area contributed by atoms with Gasteiger partial charge in [0.2, 0.25) is 0 Å². The minimum absolute atomic E-state index is 0.671. The topological polar surface area (TPSA) is 54.2 Å². The van der Waals surface area contributed by atoms with E-state index in [0.717, 1.165) is 67.7 Å². The highest BCUT2D eigenvalue weighted by Gasteiger charge is 2.02. The second-order valence-corrected chi connectivity index (χ2v) is 6.98. The average Bonchev–Trinajstić information content (AvgIpc) is 3.03. The van der Waals surface area contributed by atoms with E-state index in [1.165, 1.54) is 0 Å². The first-order valence-corrected chi connectivity index (χ1v) is 9.72. The second-order valence-electron chi connectivity index (χ2n) is 6.14. The van der Waals surface area contributed by atoms with Crippen molar-refractivity contribution in [2.75, 3.05) is 20.1 Å². The number of guanidine groups is 1. The summed E-state index contributed by atoms with van der Waals surface area (Å²) < 4.78 is 2.18. The van der Waals surface area contributed by atoms with Crippen molar-refractivity contribution in [2.45, 2.75) is 39.2 Å². The van der Waals surface area contributed by atoms with Gasteiger partial charge in [-0.1, -0.05) is 29.3 Å². The van der Waals surface area contributed by atoms with Gasteiger partial charge in [-0.3, -0.25) is 4.99 Å². The van der Waals surface area contributed by atoms with Gasteiger partial charge in [0.1, 0.15) is 5.82 Å². The molecular weight excluding hydrogens is 369 g/mol. The summed E-state index contributed by atoms with van der Waals surface area (Å²) in [6, 6.07) is 5.65. The van der Waals surface area contributed by atoms with Gasteiger partial charge < -0.3 is 15.2 Å². The Morgan fingerprint density at radius 2 is 1.92 bits per heavy atom. The molecule has 142 valence electrons. The number of aromatic nitrogens is 2. The summed E-state index contributed by atoms with van der Waals surface area (Å²) >= 11 is 12.1. The lowest BCUT2D eigenvalue weighted by atomic mass is 10.1. The Kier molecular flexibility index (Phi) is 8.78. The highest BCUT2D eigenvalue weighted by atomic mass is 35.5. The summed E-state index contributed by atoms with van der Waals surface area (Å²) in [4.78, 5) is 8.49. The summed E-state index contributed by atoms with van der Waals surface area (Å²) in [5.41, 5.74) is 1.12. The van der Waals surface area contributed by atoms with Crippen molar-refractivity contribution >= 4 is 29.2 Å². The Labute approximate surface area is 165 Å². The highest BCUT2D eigenvalue weighted by molar-refractivity contribution is 6.35. The molecule has 0 amide bonds. The lowest BCUT2D eigenvalue weighted by Crippen LogP contribution is -2.38. The van der Waals surface area contributed by atoms with Crippen molar-refractivity contribution < 1.29 is 0 Å². The molecule has 0 aliphatic carbocycles. The van der Waals surface area contributed by atoms with E-state index in [9.17, 15) is 0 Å². The highest BCUT2D eigenvalue weighted by Crippen LogP contribution is 2.21. The third-order valence-corrected chi connectivity index (χ3v) is 4.78. The SMILES string of the molecule is CN=C(NCCCCn1ccnc1C)NCCCc1ccc(Cl)cc1Cl. The van der Waals surface area contributed by atoms with E-state index in [1.54, 1.807) is 13.1 Å². The van der Waals surface area contributed by atoms with E-state index >= 15 is 0 Å². The summed E-state index contributed by atoms with van der Waals surface area (Å²) in [5.74, 6) is 1.90. The predicted molar refractivity (Wildman–Crippen MR) is 110 cm³/mol. The normalized spacial score (nSPS) is 11.6. The van der Waals surface area contributed by atoms with E-state index in [4.69, 9.17) is 23.2 Å². The number of imidazole rings is 1. The molecule has 0 spiro atoms. The van der Waals surface area contributed by atoms with Crippen LogP contribution in [0, 0.1) is 6.92 Å². The molecular formula is C19H27Cl2N5. The van der Waals surface area contributed by atoms with Crippen molar-refractivity contribution in [1.82, 2.24) is 20.2 Å². The van der Waals surface area contributed by atoms with Gasteiger partial charge in [-0.05, 0) is 50.3 Å². The zero-order chi connectivity index (χ0) is 18.8. The van der Waals surface area contributed by atoms with Crippen LogP contribution in [0.2, 0.25) is 10.0 Å². The Morgan fingerprint density at radius 3 is 2.58 bits per heavy atom. The van der Waals surface area contributed by atoms with Gasteiger partial charge in [-0.2, -0.15) is 0 Å². The van der Waals surface area contributed by atoms with Crippen LogP contribution >= 0.6 is 23.2 Å². The Hall–Kier alpha value is -1.72. The standard InChI is InChI=1S/C19H27Cl2N5/c1-15-23-11-13-26(15)12-4-3-9-24-19(22-2)25-10-5-6-16-7-8-17(20)14-18(16)21/h7-8,11,13-14H,3-6,9-10,12H2,1-2H3,(H2,22,24,25). The lowest BCUT2D eigenvalue weighted by Gasteiger charge is -2.12. The van der Waals surface area contributed by atoms with Crippen LogP contribution < -0.4 is 10.6 Å². The number of aliphatic imine (C=N–C) groups is 1. The molecule has 1 aromatic heterocycles. The molecule has 2 N–H and O–H groups in total. The Morgan fingerprint density at radius 1 is 1.15 bits per heavy atom. The minimum atomic E-state index is 0.671. The summed E-state index contributed by atoms with van der Waals surface area (Å²) in [5, 5.41) is 8.09. The van der Waals surface area contributed by atoms with Crippen LogP contribution in [-0.4, -0.2) is 35.6 Å². The van der Waals surface area contributed by atoms with Crippen molar-refractivity contribution in [3.8, 4) is 0 Å². The number of rotatable bonds is 9. The molecule has 26 heavy (non-hydrogen) atoms. The van der Waals surface area contributed by atoms with Crippen LogP contribution in [0.15, 0.2) is 35.6 Å². The molecule has 5 nitrogen and oxygen atoms in total. The second kappa shape index (κ2) is 11.1. The zero-order valence-corrected chi connectivity index (χ0v) is 16.9. The fourth-order valence-electron chi connectivity index (χ4n) is 2.68. The summed E-state index contributed by atoms with van der Waals surface area (Å²) in [7, 11) is 1.79. The number of benzene rings is 1. The summed E-state index contributed by atoms with van der Waals surface area (Å²) in [6.45, 7) is 4.77. The number of nitrogens with one attached hydrogen (secondary N) is 2. The van der Waals surface area contributed by atoms with Crippen molar-refractivity contribution in [2.24, 2.45) is 4.99 Å². The van der Waals surface area contributed by atoms with Crippen LogP contribution in [0.25, 0.3) is 0 Å². The van der Waals surface area contributed by atoms with E-state index < -0.39 is 0 Å². The number of nitrogens with zero attached hydrogens (tertiary/aromatic N) is 3. The molecule has 0 saturated heterocycles. The van der Waals surface area contributed by atoms with Crippen LogP contribution in [0.3, 0.4) is 0 Å². The smallest absolute Gasteiger partial charge is 0.190 e. The molecule has 0 unspecified atom stereocenters. The molecule has 1 aromatic carbocycles. The maximum Gasteiger partial charge on any atom is 0.190 e. The van der Waals surface area contributed by atoms with Crippen LogP contribution in [-0.2, 0) is 13.0 Å². The molecule has 2 aromatic rings. The molecule has 7 heteroatoms. The number of hydrogen-bond donors (Lipinski definition) is 2. The molecule has 0 radical (unpaired) electrons. The molecule has 0 fully saturated rings. The van der Waals surface area contributed by atoms with Gasteiger partial charge >= 0.3 is 0 Å². The largest absolute Gasteiger partial charge is 0.356 e. The van der Waals surface area contributed by atoms with E-state index in [0.29, 0.717) is 5.02 Å². The summed E-state index contributed by atoms with van der Waals surface area (Å²) in [6.07, 6.45) is 7.94. The minimum Gasteiger partial charge on any atom is -0.356 e. The maximum atomic E-state index is 6.20. The van der Waals surface area contributed by atoms with Crippen LogP contribution in [0.1, 0.15) is 30.7 Å². The Balaban J connectivity index is 1.58. The van der Waals surface area contributed by atoms with Gasteiger partial charge in [-0.25, -0.2) is 4.98 Å². The van der Waals surface area contributed by atoms with Gasteiger partial charge in [0.25, 0.3) is 0 Å². The van der Waals surface area contributed by atoms with Gasteiger partial charge in [0, 0.05) is 49.1 Å². The molecule has 0 saturated carbocycles.